The normalized spacial score (nSPS) is 23.8. The van der Waals surface area contributed by atoms with E-state index < -0.39 is 0 Å². The van der Waals surface area contributed by atoms with Gasteiger partial charge in [-0.05, 0) is 36.5 Å². The van der Waals surface area contributed by atoms with Gasteiger partial charge in [-0.1, -0.05) is 12.1 Å². The molecule has 1 aromatic rings. The van der Waals surface area contributed by atoms with Crippen molar-refractivity contribution in [2.45, 2.75) is 30.8 Å². The third kappa shape index (κ3) is 3.03. The highest BCUT2D eigenvalue weighted by molar-refractivity contribution is 5.23. The Bertz CT molecular complexity index is 345. The van der Waals surface area contributed by atoms with E-state index in [2.05, 4.69) is 5.32 Å². The first kappa shape index (κ1) is 12.5. The van der Waals surface area contributed by atoms with E-state index in [1.807, 2.05) is 12.1 Å². The molecule has 0 atom stereocenters. The van der Waals surface area contributed by atoms with Crippen LogP contribution in [0.15, 0.2) is 24.3 Å². The van der Waals surface area contributed by atoms with Crippen LogP contribution >= 0.6 is 0 Å². The minimum atomic E-state index is -0.228. The molecule has 0 aliphatic heterocycles. The Balaban J connectivity index is 1.80. The molecule has 1 fully saturated rings. The molecule has 1 aliphatic rings. The smallest absolute Gasteiger partial charge is 0.123 e. The van der Waals surface area contributed by atoms with Crippen molar-refractivity contribution in [1.82, 2.24) is 5.32 Å². The zero-order valence-electron chi connectivity index (χ0n) is 9.64. The molecule has 94 valence electrons. The third-order valence-corrected chi connectivity index (χ3v) is 3.39. The number of hydrogen-bond donors (Lipinski definition) is 3. The number of aliphatic hydroxyl groups is 2. The highest BCUT2D eigenvalue weighted by Crippen LogP contribution is 2.36. The lowest BCUT2D eigenvalue weighted by atomic mass is 9.75. The van der Waals surface area contributed by atoms with Gasteiger partial charge in [0, 0.05) is 6.04 Å². The zero-order valence-corrected chi connectivity index (χ0v) is 9.64. The van der Waals surface area contributed by atoms with Crippen LogP contribution in [0, 0.1) is 5.82 Å². The lowest BCUT2D eigenvalue weighted by Gasteiger charge is -2.38. The zero-order chi connectivity index (χ0) is 12.3. The quantitative estimate of drug-likeness (QED) is 0.719. The van der Waals surface area contributed by atoms with Crippen molar-refractivity contribution in [1.29, 1.82) is 0 Å². The first-order valence-electron chi connectivity index (χ1n) is 5.96. The summed E-state index contributed by atoms with van der Waals surface area (Å²) in [5.41, 5.74) is 1.16. The fourth-order valence-electron chi connectivity index (χ4n) is 2.26. The summed E-state index contributed by atoms with van der Waals surface area (Å²) in [5, 5.41) is 21.1. The number of nitrogens with one attached hydrogen (secondary N) is 1. The molecule has 17 heavy (non-hydrogen) atoms. The largest absolute Gasteiger partial charge is 0.395 e. The van der Waals surface area contributed by atoms with Gasteiger partial charge >= 0.3 is 0 Å². The molecule has 3 N–H and O–H groups in total. The molecule has 0 bridgehead atoms. The summed E-state index contributed by atoms with van der Waals surface area (Å²) in [6, 6.07) is 6.74. The molecule has 0 unspecified atom stereocenters. The molecule has 1 aliphatic carbocycles. The van der Waals surface area contributed by atoms with Crippen LogP contribution in [0.3, 0.4) is 0 Å². The fraction of sp³-hybridized carbons (Fsp3) is 0.538. The van der Waals surface area contributed by atoms with Crippen LogP contribution in [0.4, 0.5) is 4.39 Å². The van der Waals surface area contributed by atoms with Gasteiger partial charge in [0.25, 0.3) is 0 Å². The van der Waals surface area contributed by atoms with Gasteiger partial charge in [-0.25, -0.2) is 4.39 Å². The third-order valence-electron chi connectivity index (χ3n) is 3.39. The highest BCUT2D eigenvalue weighted by atomic mass is 19.1. The first-order chi connectivity index (χ1) is 8.22. The summed E-state index contributed by atoms with van der Waals surface area (Å²) in [5.74, 6) is 0.259. The average molecular weight is 239 g/mol. The van der Waals surface area contributed by atoms with Crippen LogP contribution in [0.5, 0.6) is 0 Å². The topological polar surface area (TPSA) is 52.5 Å². The molecular formula is C13H18FNO2. The Labute approximate surface area is 100 Å². The van der Waals surface area contributed by atoms with E-state index in [0.717, 1.165) is 18.4 Å². The van der Waals surface area contributed by atoms with Gasteiger partial charge in [-0.3, -0.25) is 0 Å². The van der Waals surface area contributed by atoms with Gasteiger partial charge in [-0.15, -0.1) is 0 Å². The Morgan fingerprint density at radius 3 is 2.29 bits per heavy atom. The summed E-state index contributed by atoms with van der Waals surface area (Å²) in [7, 11) is 0. The lowest BCUT2D eigenvalue weighted by molar-refractivity contribution is 0.142. The van der Waals surface area contributed by atoms with Gasteiger partial charge in [0.15, 0.2) is 0 Å². The lowest BCUT2D eigenvalue weighted by Crippen LogP contribution is -2.48. The molecule has 4 heteroatoms. The second-order valence-electron chi connectivity index (χ2n) is 4.65. The van der Waals surface area contributed by atoms with E-state index in [1.54, 1.807) is 0 Å². The van der Waals surface area contributed by atoms with Crippen molar-refractivity contribution in [2.24, 2.45) is 0 Å². The van der Waals surface area contributed by atoms with Crippen LogP contribution in [0.2, 0.25) is 0 Å². The van der Waals surface area contributed by atoms with Crippen molar-refractivity contribution >= 4 is 0 Å². The van der Waals surface area contributed by atoms with Gasteiger partial charge in [0.1, 0.15) is 5.82 Å². The molecule has 0 spiro atoms. The molecule has 1 aromatic carbocycles. The van der Waals surface area contributed by atoms with E-state index in [0.29, 0.717) is 12.0 Å². The average Bonchev–Trinajstić information content (AvgIpc) is 2.30. The Morgan fingerprint density at radius 1 is 1.18 bits per heavy atom. The molecule has 0 amide bonds. The van der Waals surface area contributed by atoms with Crippen LogP contribution < -0.4 is 5.32 Å². The molecule has 0 saturated heterocycles. The van der Waals surface area contributed by atoms with Crippen molar-refractivity contribution in [2.75, 3.05) is 13.2 Å². The van der Waals surface area contributed by atoms with Crippen LogP contribution in [-0.2, 0) is 0 Å². The number of benzene rings is 1. The van der Waals surface area contributed by atoms with Crippen molar-refractivity contribution < 1.29 is 14.6 Å². The van der Waals surface area contributed by atoms with E-state index in [4.69, 9.17) is 10.2 Å². The molecule has 2 rings (SSSR count). The standard InChI is InChI=1S/C13H18FNO2/c14-11-3-1-9(2-4-11)10-5-12(6-10)15-13(7-16)8-17/h1-4,10,12-13,15-17H,5-8H2. The number of aliphatic hydroxyl groups excluding tert-OH is 2. The molecular weight excluding hydrogens is 221 g/mol. The summed E-state index contributed by atoms with van der Waals surface area (Å²) >= 11 is 0. The Kier molecular flexibility index (Phi) is 4.10. The molecule has 3 nitrogen and oxygen atoms in total. The van der Waals surface area contributed by atoms with Crippen molar-refractivity contribution in [3.8, 4) is 0 Å². The van der Waals surface area contributed by atoms with E-state index in [-0.39, 0.29) is 25.1 Å². The maximum absolute atomic E-state index is 12.7. The Hall–Kier alpha value is -0.970. The highest BCUT2D eigenvalue weighted by Gasteiger charge is 2.31. The molecule has 0 radical (unpaired) electrons. The minimum absolute atomic E-state index is 0.0474. The van der Waals surface area contributed by atoms with Crippen molar-refractivity contribution in [3.63, 3.8) is 0 Å². The number of halogens is 1. The van der Waals surface area contributed by atoms with Gasteiger partial charge in [0.05, 0.1) is 19.3 Å². The second-order valence-corrected chi connectivity index (χ2v) is 4.65. The molecule has 0 aromatic heterocycles. The van der Waals surface area contributed by atoms with Crippen molar-refractivity contribution in [3.05, 3.63) is 35.6 Å². The van der Waals surface area contributed by atoms with Crippen LogP contribution in [0.25, 0.3) is 0 Å². The van der Waals surface area contributed by atoms with Gasteiger partial charge < -0.3 is 15.5 Å². The Morgan fingerprint density at radius 2 is 1.76 bits per heavy atom. The SMILES string of the molecule is OCC(CO)NC1CC(c2ccc(F)cc2)C1. The fourth-order valence-corrected chi connectivity index (χ4v) is 2.26. The second kappa shape index (κ2) is 5.58. The summed E-state index contributed by atoms with van der Waals surface area (Å²) in [4.78, 5) is 0. The summed E-state index contributed by atoms with van der Waals surface area (Å²) in [6.07, 6.45) is 1.95. The van der Waals surface area contributed by atoms with Crippen LogP contribution in [-0.4, -0.2) is 35.5 Å². The summed E-state index contributed by atoms with van der Waals surface area (Å²) in [6.45, 7) is -0.0948. The number of rotatable bonds is 5. The monoisotopic (exact) mass is 239 g/mol. The maximum Gasteiger partial charge on any atom is 0.123 e. The van der Waals surface area contributed by atoms with Gasteiger partial charge in [0.2, 0.25) is 0 Å². The van der Waals surface area contributed by atoms with E-state index in [9.17, 15) is 4.39 Å². The minimum Gasteiger partial charge on any atom is -0.395 e. The number of hydrogen-bond acceptors (Lipinski definition) is 3. The molecule has 0 heterocycles. The predicted octanol–water partition coefficient (Wildman–Crippen LogP) is 1.01. The van der Waals surface area contributed by atoms with E-state index >= 15 is 0 Å². The van der Waals surface area contributed by atoms with Crippen LogP contribution in [0.1, 0.15) is 24.3 Å². The van der Waals surface area contributed by atoms with Gasteiger partial charge in [-0.2, -0.15) is 0 Å². The first-order valence-corrected chi connectivity index (χ1v) is 5.96. The maximum atomic E-state index is 12.7. The predicted molar refractivity (Wildman–Crippen MR) is 63.3 cm³/mol. The summed E-state index contributed by atoms with van der Waals surface area (Å²) < 4.78 is 12.7. The molecule has 1 saturated carbocycles. The van der Waals surface area contributed by atoms with E-state index in [1.165, 1.54) is 12.1 Å².